The van der Waals surface area contributed by atoms with Gasteiger partial charge in [0, 0.05) is 24.5 Å². The second-order valence-corrected chi connectivity index (χ2v) is 5.05. The standard InChI is InChI=1S/C13H17N5O.ClH/c1-8-4-5-18-12(16-8)10(7-15-18)13(19)17-11(6-14)9-2-3-9;/h4-5,7,9,11H,2-3,6,14H2,1H3,(H,17,19);1H. The van der Waals surface area contributed by atoms with E-state index in [-0.39, 0.29) is 24.4 Å². The number of nitrogens with two attached hydrogens (primary N) is 1. The van der Waals surface area contributed by atoms with Crippen molar-refractivity contribution >= 4 is 24.0 Å². The highest BCUT2D eigenvalue weighted by molar-refractivity contribution is 5.99. The van der Waals surface area contributed by atoms with Gasteiger partial charge in [0.2, 0.25) is 0 Å². The number of hydrogen-bond acceptors (Lipinski definition) is 4. The zero-order valence-electron chi connectivity index (χ0n) is 11.2. The highest BCUT2D eigenvalue weighted by Crippen LogP contribution is 2.32. The van der Waals surface area contributed by atoms with Gasteiger partial charge < -0.3 is 11.1 Å². The minimum Gasteiger partial charge on any atom is -0.348 e. The van der Waals surface area contributed by atoms with E-state index < -0.39 is 0 Å². The molecule has 0 aliphatic heterocycles. The number of carbonyl (C=O) groups is 1. The number of aromatic nitrogens is 3. The molecule has 20 heavy (non-hydrogen) atoms. The molecule has 0 spiro atoms. The summed E-state index contributed by atoms with van der Waals surface area (Å²) in [4.78, 5) is 16.6. The van der Waals surface area contributed by atoms with E-state index in [2.05, 4.69) is 15.4 Å². The molecule has 1 aliphatic rings. The first-order valence-electron chi connectivity index (χ1n) is 6.51. The summed E-state index contributed by atoms with van der Waals surface area (Å²) in [7, 11) is 0. The van der Waals surface area contributed by atoms with Gasteiger partial charge in [-0.2, -0.15) is 5.10 Å². The summed E-state index contributed by atoms with van der Waals surface area (Å²) in [6, 6.07) is 1.92. The molecule has 0 aromatic carbocycles. The second-order valence-electron chi connectivity index (χ2n) is 5.05. The van der Waals surface area contributed by atoms with E-state index >= 15 is 0 Å². The molecule has 0 radical (unpaired) electrons. The van der Waals surface area contributed by atoms with Crippen LogP contribution in [0, 0.1) is 12.8 Å². The van der Waals surface area contributed by atoms with Crippen LogP contribution in [0.1, 0.15) is 28.9 Å². The van der Waals surface area contributed by atoms with Gasteiger partial charge in [0.15, 0.2) is 5.65 Å². The summed E-state index contributed by atoms with van der Waals surface area (Å²) in [5.74, 6) is 0.390. The number of aryl methyl sites for hydroxylation is 1. The van der Waals surface area contributed by atoms with Gasteiger partial charge in [-0.25, -0.2) is 9.50 Å². The minimum atomic E-state index is -0.143. The molecule has 6 nitrogen and oxygen atoms in total. The number of carbonyl (C=O) groups excluding carboxylic acids is 1. The highest BCUT2D eigenvalue weighted by atomic mass is 35.5. The molecule has 1 saturated carbocycles. The zero-order valence-corrected chi connectivity index (χ0v) is 12.1. The van der Waals surface area contributed by atoms with Crippen LogP contribution in [0.15, 0.2) is 18.5 Å². The van der Waals surface area contributed by atoms with Crippen LogP contribution in [0.5, 0.6) is 0 Å². The number of rotatable bonds is 4. The average Bonchev–Trinajstić information content (AvgIpc) is 3.15. The van der Waals surface area contributed by atoms with Crippen molar-refractivity contribution in [2.45, 2.75) is 25.8 Å². The van der Waals surface area contributed by atoms with E-state index in [1.165, 1.54) is 0 Å². The Bertz CT molecular complexity index is 622. The maximum atomic E-state index is 12.3. The van der Waals surface area contributed by atoms with Crippen molar-refractivity contribution in [3.05, 3.63) is 29.7 Å². The predicted octanol–water partition coefficient (Wildman–Crippen LogP) is 0.927. The van der Waals surface area contributed by atoms with E-state index in [1.807, 2.05) is 13.0 Å². The third-order valence-corrected chi connectivity index (χ3v) is 3.51. The Morgan fingerprint density at radius 3 is 3.00 bits per heavy atom. The Morgan fingerprint density at radius 2 is 2.35 bits per heavy atom. The summed E-state index contributed by atoms with van der Waals surface area (Å²) < 4.78 is 1.61. The average molecular weight is 296 g/mol. The molecule has 1 amide bonds. The lowest BCUT2D eigenvalue weighted by molar-refractivity contribution is 0.0935. The number of amides is 1. The number of nitrogens with one attached hydrogen (secondary N) is 1. The Kier molecular flexibility index (Phi) is 4.25. The van der Waals surface area contributed by atoms with Crippen LogP contribution >= 0.6 is 12.4 Å². The molecule has 2 aromatic rings. The lowest BCUT2D eigenvalue weighted by Gasteiger charge is -2.15. The molecule has 0 saturated heterocycles. The Morgan fingerprint density at radius 1 is 1.60 bits per heavy atom. The normalized spacial score (nSPS) is 15.7. The Hall–Kier alpha value is -1.66. The molecule has 2 heterocycles. The molecule has 7 heteroatoms. The van der Waals surface area contributed by atoms with E-state index in [9.17, 15) is 4.79 Å². The fraction of sp³-hybridized carbons (Fsp3) is 0.462. The van der Waals surface area contributed by atoms with Crippen LogP contribution < -0.4 is 11.1 Å². The number of hydrogen-bond donors (Lipinski definition) is 2. The van der Waals surface area contributed by atoms with Crippen molar-refractivity contribution in [3.63, 3.8) is 0 Å². The van der Waals surface area contributed by atoms with Crippen molar-refractivity contribution in [1.29, 1.82) is 0 Å². The summed E-state index contributed by atoms with van der Waals surface area (Å²) in [6.07, 6.45) is 5.65. The highest BCUT2D eigenvalue weighted by Gasteiger charge is 2.31. The molecule has 1 atom stereocenters. The summed E-state index contributed by atoms with van der Waals surface area (Å²) in [5, 5.41) is 7.12. The van der Waals surface area contributed by atoms with Crippen LogP contribution in [-0.2, 0) is 0 Å². The third kappa shape index (κ3) is 2.76. The van der Waals surface area contributed by atoms with Crippen LogP contribution in [0.25, 0.3) is 5.65 Å². The lowest BCUT2D eigenvalue weighted by Crippen LogP contribution is -2.41. The van der Waals surface area contributed by atoms with Crippen molar-refractivity contribution in [1.82, 2.24) is 19.9 Å². The second kappa shape index (κ2) is 5.76. The van der Waals surface area contributed by atoms with E-state index in [0.29, 0.717) is 23.7 Å². The Balaban J connectivity index is 0.00000147. The molecule has 3 N–H and O–H groups in total. The largest absolute Gasteiger partial charge is 0.348 e. The molecule has 1 unspecified atom stereocenters. The van der Waals surface area contributed by atoms with Crippen molar-refractivity contribution < 1.29 is 4.79 Å². The van der Waals surface area contributed by atoms with Gasteiger partial charge >= 0.3 is 0 Å². The fourth-order valence-corrected chi connectivity index (χ4v) is 2.23. The van der Waals surface area contributed by atoms with Crippen LogP contribution in [0.4, 0.5) is 0 Å². The smallest absolute Gasteiger partial charge is 0.257 e. The molecule has 1 aliphatic carbocycles. The number of halogens is 1. The zero-order chi connectivity index (χ0) is 13.4. The predicted molar refractivity (Wildman–Crippen MR) is 78.0 cm³/mol. The molecule has 2 aromatic heterocycles. The molecular formula is C13H18ClN5O. The molecule has 0 bridgehead atoms. The van der Waals surface area contributed by atoms with Gasteiger partial charge in [0.1, 0.15) is 5.56 Å². The first-order valence-corrected chi connectivity index (χ1v) is 6.51. The third-order valence-electron chi connectivity index (χ3n) is 3.51. The molecular weight excluding hydrogens is 278 g/mol. The van der Waals surface area contributed by atoms with Crippen molar-refractivity contribution in [2.24, 2.45) is 11.7 Å². The number of nitrogens with zero attached hydrogens (tertiary/aromatic N) is 3. The molecule has 108 valence electrons. The Labute approximate surface area is 123 Å². The van der Waals surface area contributed by atoms with Gasteiger partial charge in [0.25, 0.3) is 5.91 Å². The molecule has 1 fully saturated rings. The monoisotopic (exact) mass is 295 g/mol. The molecule has 3 rings (SSSR count). The van der Waals surface area contributed by atoms with Crippen LogP contribution in [0.3, 0.4) is 0 Å². The van der Waals surface area contributed by atoms with E-state index in [1.54, 1.807) is 16.9 Å². The maximum Gasteiger partial charge on any atom is 0.257 e. The fourth-order valence-electron chi connectivity index (χ4n) is 2.23. The van der Waals surface area contributed by atoms with Gasteiger partial charge in [-0.15, -0.1) is 12.4 Å². The summed E-state index contributed by atoms with van der Waals surface area (Å²) >= 11 is 0. The maximum absolute atomic E-state index is 12.3. The quantitative estimate of drug-likeness (QED) is 0.878. The minimum absolute atomic E-state index is 0. The summed E-state index contributed by atoms with van der Waals surface area (Å²) in [6.45, 7) is 2.36. The first kappa shape index (κ1) is 14.7. The van der Waals surface area contributed by atoms with Crippen LogP contribution in [0.2, 0.25) is 0 Å². The van der Waals surface area contributed by atoms with Gasteiger partial charge in [-0.3, -0.25) is 4.79 Å². The lowest BCUT2D eigenvalue weighted by atomic mass is 10.1. The van der Waals surface area contributed by atoms with Gasteiger partial charge in [-0.05, 0) is 31.7 Å². The number of fused-ring (bicyclic) bond motifs is 1. The van der Waals surface area contributed by atoms with E-state index in [4.69, 9.17) is 5.73 Å². The summed E-state index contributed by atoms with van der Waals surface area (Å²) in [5.41, 5.74) is 7.65. The van der Waals surface area contributed by atoms with Crippen molar-refractivity contribution in [2.75, 3.05) is 6.54 Å². The SMILES string of the molecule is Cc1ccn2ncc(C(=O)NC(CN)C3CC3)c2n1.Cl. The topological polar surface area (TPSA) is 85.3 Å². The first-order chi connectivity index (χ1) is 9.19. The van der Waals surface area contributed by atoms with Gasteiger partial charge in [-0.1, -0.05) is 0 Å². The van der Waals surface area contributed by atoms with Crippen LogP contribution in [-0.4, -0.2) is 33.1 Å². The van der Waals surface area contributed by atoms with Crippen molar-refractivity contribution in [3.8, 4) is 0 Å². The van der Waals surface area contributed by atoms with Gasteiger partial charge in [0.05, 0.1) is 6.20 Å². The van der Waals surface area contributed by atoms with E-state index in [0.717, 1.165) is 18.5 Å².